The molecule has 1 N–H and O–H groups in total. The first-order valence-corrected chi connectivity index (χ1v) is 5.13. The Morgan fingerprint density at radius 3 is 3.08 bits per heavy atom. The Hall–Kier alpha value is -0.760. The SMILES string of the molecule is CC1NCC2(CCC2)c2occc21. The Balaban J connectivity index is 2.09. The van der Waals surface area contributed by atoms with Gasteiger partial charge < -0.3 is 9.73 Å². The van der Waals surface area contributed by atoms with Gasteiger partial charge in [-0.05, 0) is 25.8 Å². The van der Waals surface area contributed by atoms with Crippen molar-refractivity contribution in [2.75, 3.05) is 6.54 Å². The molecule has 0 radical (unpaired) electrons. The summed E-state index contributed by atoms with van der Waals surface area (Å²) >= 11 is 0. The van der Waals surface area contributed by atoms with Crippen LogP contribution in [0.5, 0.6) is 0 Å². The van der Waals surface area contributed by atoms with E-state index in [9.17, 15) is 0 Å². The molecule has 70 valence electrons. The van der Waals surface area contributed by atoms with E-state index in [4.69, 9.17) is 4.42 Å². The lowest BCUT2D eigenvalue weighted by Gasteiger charge is -2.45. The lowest BCUT2D eigenvalue weighted by atomic mass is 9.64. The van der Waals surface area contributed by atoms with Crippen LogP contribution < -0.4 is 5.32 Å². The van der Waals surface area contributed by atoms with Gasteiger partial charge >= 0.3 is 0 Å². The maximum absolute atomic E-state index is 5.64. The van der Waals surface area contributed by atoms with Crippen molar-refractivity contribution in [2.45, 2.75) is 37.6 Å². The highest BCUT2D eigenvalue weighted by Crippen LogP contribution is 2.48. The minimum atomic E-state index is 0.366. The van der Waals surface area contributed by atoms with E-state index in [0.717, 1.165) is 6.54 Å². The highest BCUT2D eigenvalue weighted by atomic mass is 16.3. The molecule has 2 heterocycles. The lowest BCUT2D eigenvalue weighted by molar-refractivity contribution is 0.169. The number of rotatable bonds is 0. The maximum Gasteiger partial charge on any atom is 0.115 e. The molecular formula is C11H15NO. The first-order valence-electron chi connectivity index (χ1n) is 5.13. The molecule has 0 amide bonds. The number of hydrogen-bond acceptors (Lipinski definition) is 2. The summed E-state index contributed by atoms with van der Waals surface area (Å²) in [5, 5.41) is 3.56. The van der Waals surface area contributed by atoms with Crippen LogP contribution in [0.3, 0.4) is 0 Å². The predicted octanol–water partition coefficient (Wildman–Crippen LogP) is 2.37. The van der Waals surface area contributed by atoms with E-state index >= 15 is 0 Å². The summed E-state index contributed by atoms with van der Waals surface area (Å²) in [6, 6.07) is 2.59. The van der Waals surface area contributed by atoms with Crippen LogP contribution in [0, 0.1) is 0 Å². The Morgan fingerprint density at radius 2 is 2.38 bits per heavy atom. The average molecular weight is 177 g/mol. The van der Waals surface area contributed by atoms with Crippen molar-refractivity contribution in [2.24, 2.45) is 0 Å². The number of furan rings is 1. The smallest absolute Gasteiger partial charge is 0.115 e. The summed E-state index contributed by atoms with van der Waals surface area (Å²) in [6.07, 6.45) is 5.80. The van der Waals surface area contributed by atoms with Crippen molar-refractivity contribution in [1.82, 2.24) is 5.32 Å². The van der Waals surface area contributed by atoms with E-state index in [1.165, 1.54) is 30.6 Å². The van der Waals surface area contributed by atoms with Crippen molar-refractivity contribution in [3.05, 3.63) is 23.7 Å². The fraction of sp³-hybridized carbons (Fsp3) is 0.636. The van der Waals surface area contributed by atoms with Gasteiger partial charge in [-0.25, -0.2) is 0 Å². The molecule has 1 aromatic rings. The summed E-state index contributed by atoms with van der Waals surface area (Å²) in [4.78, 5) is 0. The van der Waals surface area contributed by atoms with Crippen LogP contribution in [-0.4, -0.2) is 6.54 Å². The molecule has 1 unspecified atom stereocenters. The van der Waals surface area contributed by atoms with Gasteiger partial charge in [-0.2, -0.15) is 0 Å². The first-order chi connectivity index (χ1) is 6.32. The molecule has 0 bridgehead atoms. The molecule has 2 aliphatic rings. The Bertz CT molecular complexity index is 325. The van der Waals surface area contributed by atoms with Gasteiger partial charge in [0, 0.05) is 23.6 Å². The minimum absolute atomic E-state index is 0.366. The second-order valence-corrected chi connectivity index (χ2v) is 4.44. The zero-order chi connectivity index (χ0) is 8.89. The molecule has 1 spiro atoms. The highest BCUT2D eigenvalue weighted by Gasteiger charge is 2.45. The summed E-state index contributed by atoms with van der Waals surface area (Å²) in [5.74, 6) is 1.27. The maximum atomic E-state index is 5.64. The molecule has 1 atom stereocenters. The second kappa shape index (κ2) is 2.38. The Morgan fingerprint density at radius 1 is 1.54 bits per heavy atom. The standard InChI is InChI=1S/C11H15NO/c1-8-9-3-6-13-10(9)11(7-12-8)4-2-5-11/h3,6,8,12H,2,4-5,7H2,1H3. The Labute approximate surface area is 78.3 Å². The number of nitrogens with one attached hydrogen (secondary N) is 1. The van der Waals surface area contributed by atoms with E-state index in [2.05, 4.69) is 18.3 Å². The molecule has 2 nitrogen and oxygen atoms in total. The number of hydrogen-bond donors (Lipinski definition) is 1. The monoisotopic (exact) mass is 177 g/mol. The minimum Gasteiger partial charge on any atom is -0.468 e. The van der Waals surface area contributed by atoms with Crippen LogP contribution >= 0.6 is 0 Å². The van der Waals surface area contributed by atoms with Gasteiger partial charge in [0.15, 0.2) is 0 Å². The quantitative estimate of drug-likeness (QED) is 0.658. The van der Waals surface area contributed by atoms with Crippen molar-refractivity contribution in [3.63, 3.8) is 0 Å². The molecule has 1 fully saturated rings. The van der Waals surface area contributed by atoms with Gasteiger partial charge in [0.2, 0.25) is 0 Å². The van der Waals surface area contributed by atoms with Crippen molar-refractivity contribution in [3.8, 4) is 0 Å². The predicted molar refractivity (Wildman–Crippen MR) is 50.7 cm³/mol. The molecule has 1 aliphatic heterocycles. The zero-order valence-corrected chi connectivity index (χ0v) is 7.97. The average Bonchev–Trinajstić information content (AvgIpc) is 2.51. The Kier molecular flexibility index (Phi) is 1.40. The van der Waals surface area contributed by atoms with E-state index in [-0.39, 0.29) is 0 Å². The van der Waals surface area contributed by atoms with E-state index in [1.54, 1.807) is 0 Å². The van der Waals surface area contributed by atoms with Crippen molar-refractivity contribution < 1.29 is 4.42 Å². The van der Waals surface area contributed by atoms with Gasteiger partial charge in [0.05, 0.1) is 6.26 Å². The van der Waals surface area contributed by atoms with Gasteiger partial charge in [0.25, 0.3) is 0 Å². The van der Waals surface area contributed by atoms with Crippen LogP contribution in [0.2, 0.25) is 0 Å². The molecule has 0 saturated heterocycles. The number of fused-ring (bicyclic) bond motifs is 2. The van der Waals surface area contributed by atoms with Gasteiger partial charge in [-0.15, -0.1) is 0 Å². The molecule has 2 heteroatoms. The van der Waals surface area contributed by atoms with Crippen LogP contribution in [0.15, 0.2) is 16.7 Å². The summed E-state index contributed by atoms with van der Waals surface area (Å²) < 4.78 is 5.64. The van der Waals surface area contributed by atoms with Gasteiger partial charge in [-0.3, -0.25) is 0 Å². The highest BCUT2D eigenvalue weighted by molar-refractivity contribution is 5.33. The molecule has 3 rings (SSSR count). The first kappa shape index (κ1) is 7.63. The second-order valence-electron chi connectivity index (χ2n) is 4.44. The third kappa shape index (κ3) is 0.869. The fourth-order valence-electron chi connectivity index (χ4n) is 2.64. The molecule has 0 aromatic carbocycles. The molecule has 1 saturated carbocycles. The summed E-state index contributed by atoms with van der Waals surface area (Å²) in [7, 11) is 0. The van der Waals surface area contributed by atoms with Crippen LogP contribution in [-0.2, 0) is 5.41 Å². The largest absolute Gasteiger partial charge is 0.468 e. The molecule has 13 heavy (non-hydrogen) atoms. The van der Waals surface area contributed by atoms with E-state index < -0.39 is 0 Å². The molecular weight excluding hydrogens is 162 g/mol. The van der Waals surface area contributed by atoms with Crippen LogP contribution in [0.1, 0.15) is 43.6 Å². The summed E-state index contributed by atoms with van der Waals surface area (Å²) in [6.45, 7) is 3.31. The van der Waals surface area contributed by atoms with Crippen LogP contribution in [0.25, 0.3) is 0 Å². The third-order valence-electron chi connectivity index (χ3n) is 3.70. The van der Waals surface area contributed by atoms with Gasteiger partial charge in [-0.1, -0.05) is 6.42 Å². The normalized spacial score (nSPS) is 29.8. The van der Waals surface area contributed by atoms with Crippen molar-refractivity contribution in [1.29, 1.82) is 0 Å². The van der Waals surface area contributed by atoms with E-state index in [1.807, 2.05) is 6.26 Å². The zero-order valence-electron chi connectivity index (χ0n) is 7.97. The van der Waals surface area contributed by atoms with Gasteiger partial charge in [0.1, 0.15) is 5.76 Å². The molecule has 1 aliphatic carbocycles. The summed E-state index contributed by atoms with van der Waals surface area (Å²) in [5.41, 5.74) is 1.75. The lowest BCUT2D eigenvalue weighted by Crippen LogP contribution is -2.48. The topological polar surface area (TPSA) is 25.2 Å². The van der Waals surface area contributed by atoms with Crippen LogP contribution in [0.4, 0.5) is 0 Å². The fourth-order valence-corrected chi connectivity index (χ4v) is 2.64. The third-order valence-corrected chi connectivity index (χ3v) is 3.70. The molecule has 1 aromatic heterocycles. The van der Waals surface area contributed by atoms with E-state index in [0.29, 0.717) is 11.5 Å². The van der Waals surface area contributed by atoms with Crippen molar-refractivity contribution >= 4 is 0 Å².